The summed E-state index contributed by atoms with van der Waals surface area (Å²) in [6.45, 7) is 0. The predicted molar refractivity (Wildman–Crippen MR) is 39.8 cm³/mol. The molecule has 0 aliphatic carbocycles. The van der Waals surface area contributed by atoms with Crippen LogP contribution in [0.15, 0.2) is 5.38 Å². The van der Waals surface area contributed by atoms with E-state index >= 15 is 0 Å². The molecule has 1 rings (SSSR count). The van der Waals surface area contributed by atoms with Gasteiger partial charge in [-0.3, -0.25) is 0 Å². The smallest absolute Gasteiger partial charge is 0.0833 e. The molecule has 0 radical (unpaired) electrons. The molecule has 0 atom stereocenters. The minimum atomic E-state index is 0.745. The normalized spacial score (nSPS) is 9.75. The fraction of sp³-hybridized carbons (Fsp3) is 0.250. The summed E-state index contributed by atoms with van der Waals surface area (Å²) in [6, 6.07) is 0. The standard InChI is InChI=1S/C4H3BrClNS/c5-1-4-3(6)2-8-7-4/h2H,1H2. The second-order valence-corrected chi connectivity index (χ2v) is 2.84. The van der Waals surface area contributed by atoms with Gasteiger partial charge in [-0.2, -0.15) is 4.37 Å². The van der Waals surface area contributed by atoms with Gasteiger partial charge in [0.05, 0.1) is 10.7 Å². The predicted octanol–water partition coefficient (Wildman–Crippen LogP) is 2.69. The van der Waals surface area contributed by atoms with Crippen LogP contribution in [-0.4, -0.2) is 4.37 Å². The monoisotopic (exact) mass is 211 g/mol. The lowest BCUT2D eigenvalue weighted by Gasteiger charge is -1.82. The van der Waals surface area contributed by atoms with Crippen LogP contribution < -0.4 is 0 Å². The summed E-state index contributed by atoms with van der Waals surface area (Å²) in [5.41, 5.74) is 0.927. The van der Waals surface area contributed by atoms with Crippen LogP contribution in [0.3, 0.4) is 0 Å². The lowest BCUT2D eigenvalue weighted by Crippen LogP contribution is -1.72. The highest BCUT2D eigenvalue weighted by atomic mass is 79.9. The third-order valence-corrected chi connectivity index (χ3v) is 2.38. The molecule has 44 valence electrons. The van der Waals surface area contributed by atoms with Gasteiger partial charge in [-0.1, -0.05) is 27.5 Å². The van der Waals surface area contributed by atoms with E-state index in [0.29, 0.717) is 0 Å². The zero-order valence-corrected chi connectivity index (χ0v) is 7.05. The summed E-state index contributed by atoms with van der Waals surface area (Å²) >= 11 is 10.3. The van der Waals surface area contributed by atoms with Crippen molar-refractivity contribution in [2.75, 3.05) is 0 Å². The minimum absolute atomic E-state index is 0.745. The van der Waals surface area contributed by atoms with E-state index in [9.17, 15) is 0 Å². The van der Waals surface area contributed by atoms with Gasteiger partial charge in [0.15, 0.2) is 0 Å². The average Bonchev–Trinajstić information content (AvgIpc) is 2.14. The quantitative estimate of drug-likeness (QED) is 0.652. The van der Waals surface area contributed by atoms with E-state index in [1.807, 2.05) is 5.38 Å². The first-order chi connectivity index (χ1) is 3.84. The van der Waals surface area contributed by atoms with Crippen LogP contribution in [0.1, 0.15) is 5.69 Å². The van der Waals surface area contributed by atoms with E-state index in [-0.39, 0.29) is 0 Å². The molecule has 0 saturated carbocycles. The Morgan fingerprint density at radius 3 is 2.88 bits per heavy atom. The zero-order valence-electron chi connectivity index (χ0n) is 3.90. The molecular formula is C4H3BrClNS. The van der Waals surface area contributed by atoms with E-state index in [2.05, 4.69) is 20.3 Å². The second kappa shape index (κ2) is 2.80. The highest BCUT2D eigenvalue weighted by molar-refractivity contribution is 9.08. The van der Waals surface area contributed by atoms with Gasteiger partial charge >= 0.3 is 0 Å². The third kappa shape index (κ3) is 1.21. The van der Waals surface area contributed by atoms with Gasteiger partial charge in [-0.15, -0.1) is 0 Å². The van der Waals surface area contributed by atoms with E-state index in [4.69, 9.17) is 11.6 Å². The number of hydrogen-bond acceptors (Lipinski definition) is 2. The molecular weight excluding hydrogens is 209 g/mol. The average molecular weight is 212 g/mol. The highest BCUT2D eigenvalue weighted by Crippen LogP contribution is 2.18. The van der Waals surface area contributed by atoms with E-state index < -0.39 is 0 Å². The molecule has 0 aliphatic rings. The van der Waals surface area contributed by atoms with Crippen LogP contribution in [-0.2, 0) is 5.33 Å². The van der Waals surface area contributed by atoms with Crippen molar-refractivity contribution in [2.45, 2.75) is 5.33 Å². The summed E-state index contributed by atoms with van der Waals surface area (Å²) in [5.74, 6) is 0. The molecule has 1 aromatic rings. The van der Waals surface area contributed by atoms with Gasteiger partial charge in [0.25, 0.3) is 0 Å². The first-order valence-corrected chi connectivity index (χ1v) is 4.33. The maximum absolute atomic E-state index is 5.66. The Morgan fingerprint density at radius 2 is 2.62 bits per heavy atom. The number of rotatable bonds is 1. The summed E-state index contributed by atoms with van der Waals surface area (Å²) in [6.07, 6.45) is 0. The number of hydrogen-bond donors (Lipinski definition) is 0. The molecule has 1 heterocycles. The third-order valence-electron chi connectivity index (χ3n) is 0.721. The van der Waals surface area contributed by atoms with Gasteiger partial charge in [0.2, 0.25) is 0 Å². The maximum atomic E-state index is 5.66. The van der Waals surface area contributed by atoms with E-state index in [1.165, 1.54) is 11.5 Å². The Kier molecular flexibility index (Phi) is 2.28. The van der Waals surface area contributed by atoms with Gasteiger partial charge in [0.1, 0.15) is 0 Å². The van der Waals surface area contributed by atoms with Crippen LogP contribution in [0.4, 0.5) is 0 Å². The lowest BCUT2D eigenvalue weighted by molar-refractivity contribution is 1.32. The molecule has 0 fully saturated rings. The SMILES string of the molecule is Clc1csnc1CBr. The molecule has 0 unspecified atom stereocenters. The van der Waals surface area contributed by atoms with Crippen molar-refractivity contribution in [1.29, 1.82) is 0 Å². The van der Waals surface area contributed by atoms with Crippen LogP contribution in [0.25, 0.3) is 0 Å². The molecule has 0 spiro atoms. The fourth-order valence-corrected chi connectivity index (χ4v) is 1.94. The molecule has 8 heavy (non-hydrogen) atoms. The Labute approximate surface area is 65.0 Å². The minimum Gasteiger partial charge on any atom is -0.195 e. The molecule has 0 aromatic carbocycles. The lowest BCUT2D eigenvalue weighted by atomic mass is 10.5. The fourth-order valence-electron chi connectivity index (χ4n) is 0.336. The van der Waals surface area contributed by atoms with Crippen molar-refractivity contribution in [3.8, 4) is 0 Å². The zero-order chi connectivity index (χ0) is 5.98. The Balaban J connectivity index is 2.92. The van der Waals surface area contributed by atoms with Crippen LogP contribution in [0.2, 0.25) is 5.02 Å². The Bertz CT molecular complexity index is 176. The van der Waals surface area contributed by atoms with Crippen molar-refractivity contribution in [3.05, 3.63) is 16.1 Å². The number of alkyl halides is 1. The Morgan fingerprint density at radius 1 is 1.88 bits per heavy atom. The second-order valence-electron chi connectivity index (χ2n) is 1.24. The van der Waals surface area contributed by atoms with Crippen molar-refractivity contribution < 1.29 is 0 Å². The number of nitrogens with zero attached hydrogens (tertiary/aromatic N) is 1. The number of halogens is 2. The molecule has 0 saturated heterocycles. The molecule has 0 bridgehead atoms. The van der Waals surface area contributed by atoms with Gasteiger partial charge in [-0.25, -0.2) is 0 Å². The molecule has 4 heteroatoms. The summed E-state index contributed by atoms with van der Waals surface area (Å²) in [4.78, 5) is 0. The van der Waals surface area contributed by atoms with Crippen LogP contribution in [0.5, 0.6) is 0 Å². The summed E-state index contributed by atoms with van der Waals surface area (Å²) in [7, 11) is 0. The topological polar surface area (TPSA) is 12.9 Å². The first-order valence-electron chi connectivity index (χ1n) is 1.99. The number of aromatic nitrogens is 1. The van der Waals surface area contributed by atoms with Gasteiger partial charge < -0.3 is 0 Å². The van der Waals surface area contributed by atoms with Gasteiger partial charge in [0, 0.05) is 10.7 Å². The summed E-state index contributed by atoms with van der Waals surface area (Å²) in [5, 5.41) is 3.32. The van der Waals surface area contributed by atoms with Crippen molar-refractivity contribution in [1.82, 2.24) is 4.37 Å². The summed E-state index contributed by atoms with van der Waals surface area (Å²) < 4.78 is 4.00. The molecule has 0 aliphatic heterocycles. The first kappa shape index (κ1) is 6.52. The van der Waals surface area contributed by atoms with E-state index in [1.54, 1.807) is 0 Å². The Hall–Kier alpha value is 0.400. The van der Waals surface area contributed by atoms with Crippen LogP contribution >= 0.6 is 39.1 Å². The van der Waals surface area contributed by atoms with Crippen molar-refractivity contribution >= 4 is 39.1 Å². The van der Waals surface area contributed by atoms with Crippen molar-refractivity contribution in [3.63, 3.8) is 0 Å². The highest BCUT2D eigenvalue weighted by Gasteiger charge is 1.98. The molecule has 0 N–H and O–H groups in total. The molecule has 0 amide bonds. The van der Waals surface area contributed by atoms with Gasteiger partial charge in [-0.05, 0) is 11.5 Å². The maximum Gasteiger partial charge on any atom is 0.0833 e. The van der Waals surface area contributed by atoms with E-state index in [0.717, 1.165) is 16.0 Å². The molecule has 1 aromatic heterocycles. The largest absolute Gasteiger partial charge is 0.195 e. The van der Waals surface area contributed by atoms with Crippen LogP contribution in [0, 0.1) is 0 Å². The molecule has 1 nitrogen and oxygen atoms in total. The van der Waals surface area contributed by atoms with Crippen molar-refractivity contribution in [2.24, 2.45) is 0 Å².